The fraction of sp³-hybridized carbons (Fsp3) is 0.500. The van der Waals surface area contributed by atoms with Gasteiger partial charge in [-0.2, -0.15) is 5.26 Å². The van der Waals surface area contributed by atoms with E-state index in [1.54, 1.807) is 0 Å². The molecule has 0 fully saturated rings. The van der Waals surface area contributed by atoms with Crippen molar-refractivity contribution in [1.82, 2.24) is 0 Å². The third-order valence-corrected chi connectivity index (χ3v) is 0.507. The van der Waals surface area contributed by atoms with Crippen LogP contribution in [0.4, 0.5) is 0 Å². The number of nitrogens with zero attached hydrogens (tertiary/aromatic N) is 1. The molecular weight excluding hydrogens is 94.0 g/mol. The smallest absolute Gasteiger partial charge is 0.199 e. The van der Waals surface area contributed by atoms with Crippen molar-refractivity contribution in [3.63, 3.8) is 0 Å². The molecule has 0 saturated carbocycles. The van der Waals surface area contributed by atoms with Gasteiger partial charge >= 0.3 is 0 Å². The first-order valence-electron chi connectivity index (χ1n) is 1.76. The fourth-order valence-corrected chi connectivity index (χ4v) is 0.0909. The van der Waals surface area contributed by atoms with Crippen LogP contribution in [0.5, 0.6) is 0 Å². The Labute approximate surface area is 41.2 Å². The molecule has 1 N–H and O–H groups in total. The van der Waals surface area contributed by atoms with Crippen LogP contribution in [0.25, 0.3) is 0 Å². The van der Waals surface area contributed by atoms with Crippen molar-refractivity contribution >= 4 is 5.78 Å². The summed E-state index contributed by atoms with van der Waals surface area (Å²) < 4.78 is 0. The SMILES string of the molecule is CC(=O)C(O)C#N. The van der Waals surface area contributed by atoms with Gasteiger partial charge in [-0.25, -0.2) is 0 Å². The Morgan fingerprint density at radius 1 is 2.00 bits per heavy atom. The zero-order valence-electron chi connectivity index (χ0n) is 3.88. The van der Waals surface area contributed by atoms with Crippen LogP contribution in [0.3, 0.4) is 0 Å². The zero-order valence-corrected chi connectivity index (χ0v) is 3.88. The van der Waals surface area contributed by atoms with Gasteiger partial charge in [0.25, 0.3) is 0 Å². The zero-order chi connectivity index (χ0) is 5.86. The van der Waals surface area contributed by atoms with E-state index in [0.29, 0.717) is 0 Å². The molecule has 0 heterocycles. The molecule has 0 rings (SSSR count). The van der Waals surface area contributed by atoms with Gasteiger partial charge in [0.05, 0.1) is 0 Å². The quantitative estimate of drug-likeness (QED) is 0.449. The minimum atomic E-state index is -1.43. The average molecular weight is 99.1 g/mol. The second kappa shape index (κ2) is 2.32. The van der Waals surface area contributed by atoms with Crippen molar-refractivity contribution < 1.29 is 9.90 Å². The van der Waals surface area contributed by atoms with Crippen molar-refractivity contribution in [3.05, 3.63) is 0 Å². The lowest BCUT2D eigenvalue weighted by atomic mass is 10.3. The van der Waals surface area contributed by atoms with E-state index in [-0.39, 0.29) is 0 Å². The Bertz CT molecular complexity index is 113. The highest BCUT2D eigenvalue weighted by Gasteiger charge is 2.04. The number of rotatable bonds is 1. The predicted molar refractivity (Wildman–Crippen MR) is 22.3 cm³/mol. The summed E-state index contributed by atoms with van der Waals surface area (Å²) in [6.07, 6.45) is -1.43. The van der Waals surface area contributed by atoms with Crippen molar-refractivity contribution in [2.75, 3.05) is 0 Å². The highest BCUT2D eigenvalue weighted by atomic mass is 16.3. The van der Waals surface area contributed by atoms with Gasteiger partial charge in [-0.05, 0) is 6.92 Å². The highest BCUT2D eigenvalue weighted by molar-refractivity contribution is 5.82. The van der Waals surface area contributed by atoms with Crippen LogP contribution < -0.4 is 0 Å². The number of carbonyl (C=O) groups excluding carboxylic acids is 1. The largest absolute Gasteiger partial charge is 0.372 e. The minimum Gasteiger partial charge on any atom is -0.372 e. The number of carbonyl (C=O) groups is 1. The molecule has 7 heavy (non-hydrogen) atoms. The van der Waals surface area contributed by atoms with Crippen LogP contribution in [0, 0.1) is 11.3 Å². The average Bonchev–Trinajstić information content (AvgIpc) is 1.65. The van der Waals surface area contributed by atoms with Crippen molar-refractivity contribution in [2.45, 2.75) is 13.0 Å². The standard InChI is InChI=1S/C4H5NO2/c1-3(6)4(7)2-5/h4,7H,1H3. The molecular formula is C4H5NO2. The first kappa shape index (κ1) is 6.12. The Hall–Kier alpha value is -0.880. The van der Waals surface area contributed by atoms with E-state index >= 15 is 0 Å². The summed E-state index contributed by atoms with van der Waals surface area (Å²) in [5.41, 5.74) is 0. The Morgan fingerprint density at radius 2 is 2.43 bits per heavy atom. The molecule has 0 spiro atoms. The second-order valence-electron chi connectivity index (χ2n) is 1.14. The lowest BCUT2D eigenvalue weighted by Gasteiger charge is -1.87. The van der Waals surface area contributed by atoms with Gasteiger partial charge in [0, 0.05) is 0 Å². The van der Waals surface area contributed by atoms with E-state index < -0.39 is 11.9 Å². The first-order valence-corrected chi connectivity index (χ1v) is 1.76. The number of aliphatic hydroxyl groups is 1. The van der Waals surface area contributed by atoms with Crippen LogP contribution in [-0.4, -0.2) is 17.0 Å². The van der Waals surface area contributed by atoms with Crippen molar-refractivity contribution in [2.24, 2.45) is 0 Å². The first-order chi connectivity index (χ1) is 3.18. The molecule has 0 radical (unpaired) electrons. The maximum absolute atomic E-state index is 9.90. The van der Waals surface area contributed by atoms with Crippen molar-refractivity contribution in [1.29, 1.82) is 5.26 Å². The molecule has 0 aliphatic carbocycles. The molecule has 0 aliphatic heterocycles. The van der Waals surface area contributed by atoms with E-state index in [1.807, 2.05) is 0 Å². The molecule has 0 aromatic heterocycles. The number of hydrogen-bond donors (Lipinski definition) is 1. The van der Waals surface area contributed by atoms with Crippen LogP contribution >= 0.6 is 0 Å². The van der Waals surface area contributed by atoms with Gasteiger partial charge in [0.2, 0.25) is 0 Å². The third kappa shape index (κ3) is 1.90. The summed E-state index contributed by atoms with van der Waals surface area (Å²) in [5, 5.41) is 16.0. The summed E-state index contributed by atoms with van der Waals surface area (Å²) in [4.78, 5) is 9.90. The molecule has 0 aliphatic rings. The number of nitriles is 1. The topological polar surface area (TPSA) is 61.1 Å². The number of hydrogen-bond acceptors (Lipinski definition) is 3. The molecule has 1 atom stereocenters. The molecule has 3 nitrogen and oxygen atoms in total. The highest BCUT2D eigenvalue weighted by Crippen LogP contribution is 1.77. The lowest BCUT2D eigenvalue weighted by Crippen LogP contribution is -2.12. The predicted octanol–water partition coefficient (Wildman–Crippen LogP) is -0.540. The van der Waals surface area contributed by atoms with Crippen LogP contribution in [-0.2, 0) is 4.79 Å². The van der Waals surface area contributed by atoms with Crippen LogP contribution in [0.15, 0.2) is 0 Å². The summed E-state index contributed by atoms with van der Waals surface area (Å²) in [6.45, 7) is 1.16. The van der Waals surface area contributed by atoms with E-state index in [1.165, 1.54) is 6.07 Å². The number of Topliss-reactive ketones (excluding diaryl/α,β-unsaturated/α-hetero) is 1. The molecule has 0 aromatic rings. The Balaban J connectivity index is 3.63. The molecule has 0 saturated heterocycles. The Morgan fingerprint density at radius 3 is 2.43 bits per heavy atom. The summed E-state index contributed by atoms with van der Waals surface area (Å²) >= 11 is 0. The molecule has 3 heteroatoms. The summed E-state index contributed by atoms with van der Waals surface area (Å²) in [7, 11) is 0. The molecule has 0 amide bonds. The fourth-order valence-electron chi connectivity index (χ4n) is 0.0909. The minimum absolute atomic E-state index is 0.512. The van der Waals surface area contributed by atoms with Gasteiger partial charge < -0.3 is 5.11 Å². The van der Waals surface area contributed by atoms with E-state index in [2.05, 4.69) is 0 Å². The third-order valence-electron chi connectivity index (χ3n) is 0.507. The van der Waals surface area contributed by atoms with Gasteiger partial charge in [0.15, 0.2) is 11.9 Å². The second-order valence-corrected chi connectivity index (χ2v) is 1.14. The lowest BCUT2D eigenvalue weighted by molar-refractivity contribution is -0.122. The monoisotopic (exact) mass is 99.0 g/mol. The molecule has 1 unspecified atom stereocenters. The summed E-state index contributed by atoms with van der Waals surface area (Å²) in [6, 6.07) is 1.37. The summed E-state index contributed by atoms with van der Waals surface area (Å²) in [5.74, 6) is -0.512. The van der Waals surface area contributed by atoms with Gasteiger partial charge in [-0.15, -0.1) is 0 Å². The van der Waals surface area contributed by atoms with E-state index in [0.717, 1.165) is 6.92 Å². The van der Waals surface area contributed by atoms with E-state index in [4.69, 9.17) is 10.4 Å². The number of aliphatic hydroxyl groups excluding tert-OH is 1. The van der Waals surface area contributed by atoms with Crippen molar-refractivity contribution in [3.8, 4) is 6.07 Å². The van der Waals surface area contributed by atoms with Gasteiger partial charge in [-0.1, -0.05) is 0 Å². The van der Waals surface area contributed by atoms with Gasteiger partial charge in [-0.3, -0.25) is 4.79 Å². The molecule has 0 aromatic carbocycles. The van der Waals surface area contributed by atoms with Crippen LogP contribution in [0.1, 0.15) is 6.92 Å². The maximum atomic E-state index is 9.90. The van der Waals surface area contributed by atoms with Crippen LogP contribution in [0.2, 0.25) is 0 Å². The van der Waals surface area contributed by atoms with E-state index in [9.17, 15) is 4.79 Å². The maximum Gasteiger partial charge on any atom is 0.199 e. The normalized spacial score (nSPS) is 12.1. The molecule has 38 valence electrons. The Kier molecular flexibility index (Phi) is 2.03. The van der Waals surface area contributed by atoms with Gasteiger partial charge in [0.1, 0.15) is 6.07 Å². The molecule has 0 bridgehead atoms. The number of ketones is 1.